The predicted molar refractivity (Wildman–Crippen MR) is 97.8 cm³/mol. The maximum absolute atomic E-state index is 10.1. The van der Waals surface area contributed by atoms with Gasteiger partial charge in [0.15, 0.2) is 0 Å². The number of hydrogen-bond donors (Lipinski definition) is 2. The minimum atomic E-state index is -0.169. The molecule has 0 atom stereocenters. The second-order valence-electron chi connectivity index (χ2n) is 6.48. The number of aliphatic hydroxyl groups excluding tert-OH is 1. The number of rotatable bonds is 4. The molecule has 0 spiro atoms. The van der Waals surface area contributed by atoms with E-state index in [-0.39, 0.29) is 17.8 Å². The monoisotopic (exact) mass is 365 g/mol. The van der Waals surface area contributed by atoms with Gasteiger partial charge in [0.2, 0.25) is 0 Å². The van der Waals surface area contributed by atoms with Crippen molar-refractivity contribution in [1.29, 1.82) is 0 Å². The van der Waals surface area contributed by atoms with Gasteiger partial charge in [0.05, 0.1) is 16.7 Å². The first-order chi connectivity index (χ1) is 11.5. The van der Waals surface area contributed by atoms with E-state index in [4.69, 9.17) is 23.2 Å². The highest BCUT2D eigenvalue weighted by molar-refractivity contribution is 6.42. The van der Waals surface area contributed by atoms with Gasteiger partial charge in [-0.05, 0) is 37.6 Å². The first kappa shape index (κ1) is 17.6. The van der Waals surface area contributed by atoms with Crippen LogP contribution in [-0.4, -0.2) is 34.8 Å². The van der Waals surface area contributed by atoms with Crippen LogP contribution in [0, 0.1) is 0 Å². The molecule has 0 radical (unpaired) electrons. The molecule has 24 heavy (non-hydrogen) atoms. The van der Waals surface area contributed by atoms with Gasteiger partial charge in [-0.25, -0.2) is 0 Å². The molecule has 0 amide bonds. The maximum atomic E-state index is 10.1. The highest BCUT2D eigenvalue weighted by Gasteiger charge is 2.35. The number of nitrogens with zero attached hydrogens (tertiary/aromatic N) is 1. The molecule has 0 aliphatic carbocycles. The van der Waals surface area contributed by atoms with Crippen LogP contribution in [-0.2, 0) is 12.0 Å². The Bertz CT molecular complexity index is 698. The van der Waals surface area contributed by atoms with Crippen molar-refractivity contribution in [1.82, 2.24) is 4.90 Å². The summed E-state index contributed by atoms with van der Waals surface area (Å²) >= 11 is 12.0. The van der Waals surface area contributed by atoms with Crippen LogP contribution >= 0.6 is 23.2 Å². The SMILES string of the molecule is OCC1(c2ccccc2)CCN(Cc2cc(Cl)c(Cl)cc2O)CC1. The Morgan fingerprint density at radius 3 is 2.25 bits per heavy atom. The van der Waals surface area contributed by atoms with Crippen LogP contribution < -0.4 is 0 Å². The largest absolute Gasteiger partial charge is 0.508 e. The van der Waals surface area contributed by atoms with E-state index >= 15 is 0 Å². The first-order valence-electron chi connectivity index (χ1n) is 8.10. The van der Waals surface area contributed by atoms with Gasteiger partial charge in [0.25, 0.3) is 0 Å². The lowest BCUT2D eigenvalue weighted by atomic mass is 9.73. The molecule has 3 rings (SSSR count). The molecular weight excluding hydrogens is 345 g/mol. The molecule has 1 aliphatic heterocycles. The molecule has 1 heterocycles. The van der Waals surface area contributed by atoms with E-state index in [1.807, 2.05) is 18.2 Å². The normalized spacial score (nSPS) is 17.8. The summed E-state index contributed by atoms with van der Waals surface area (Å²) in [5, 5.41) is 20.9. The Balaban J connectivity index is 1.70. The van der Waals surface area contributed by atoms with Gasteiger partial charge >= 0.3 is 0 Å². The van der Waals surface area contributed by atoms with Crippen molar-refractivity contribution in [3.63, 3.8) is 0 Å². The number of likely N-dealkylation sites (tertiary alicyclic amines) is 1. The van der Waals surface area contributed by atoms with Crippen molar-refractivity contribution in [2.75, 3.05) is 19.7 Å². The minimum Gasteiger partial charge on any atom is -0.508 e. The maximum Gasteiger partial charge on any atom is 0.121 e. The van der Waals surface area contributed by atoms with Gasteiger partial charge in [-0.2, -0.15) is 0 Å². The summed E-state index contributed by atoms with van der Waals surface area (Å²) in [6.45, 7) is 2.49. The van der Waals surface area contributed by atoms with Crippen LogP contribution in [0.1, 0.15) is 24.0 Å². The van der Waals surface area contributed by atoms with Gasteiger partial charge in [-0.3, -0.25) is 4.90 Å². The standard InChI is InChI=1S/C19H21Cl2NO2/c20-16-10-14(18(24)11-17(16)21)12-22-8-6-19(13-23,7-9-22)15-4-2-1-3-5-15/h1-5,10-11,23-24H,6-9,12-13H2. The predicted octanol–water partition coefficient (Wildman–Crippen LogP) is 4.23. The topological polar surface area (TPSA) is 43.7 Å². The molecule has 1 fully saturated rings. The first-order valence-corrected chi connectivity index (χ1v) is 8.85. The third-order valence-corrected chi connectivity index (χ3v) is 5.74. The number of halogens is 2. The number of benzene rings is 2. The summed E-state index contributed by atoms with van der Waals surface area (Å²) < 4.78 is 0. The number of piperidine rings is 1. The number of aliphatic hydroxyl groups is 1. The molecule has 128 valence electrons. The summed E-state index contributed by atoms with van der Waals surface area (Å²) in [5.74, 6) is 0.173. The van der Waals surface area contributed by atoms with Crippen molar-refractivity contribution < 1.29 is 10.2 Å². The Hall–Kier alpha value is -1.26. The van der Waals surface area contributed by atoms with Gasteiger partial charge < -0.3 is 10.2 Å². The summed E-state index contributed by atoms with van der Waals surface area (Å²) in [4.78, 5) is 2.27. The third kappa shape index (κ3) is 3.55. The lowest BCUT2D eigenvalue weighted by molar-refractivity contribution is 0.0970. The van der Waals surface area contributed by atoms with Crippen molar-refractivity contribution in [3.8, 4) is 5.75 Å². The van der Waals surface area contributed by atoms with Gasteiger partial charge in [0.1, 0.15) is 5.75 Å². The Kier molecular flexibility index (Phi) is 5.36. The molecule has 2 aromatic carbocycles. The van der Waals surface area contributed by atoms with Crippen LogP contribution in [0.25, 0.3) is 0 Å². The highest BCUT2D eigenvalue weighted by Crippen LogP contribution is 2.36. The number of phenolic OH excluding ortho intramolecular Hbond substituents is 1. The van der Waals surface area contributed by atoms with E-state index in [2.05, 4.69) is 17.0 Å². The second-order valence-corrected chi connectivity index (χ2v) is 7.29. The van der Waals surface area contributed by atoms with Crippen molar-refractivity contribution in [2.45, 2.75) is 24.8 Å². The number of aromatic hydroxyl groups is 1. The molecule has 1 saturated heterocycles. The molecule has 0 bridgehead atoms. The summed E-state index contributed by atoms with van der Waals surface area (Å²) in [6.07, 6.45) is 1.77. The lowest BCUT2D eigenvalue weighted by Crippen LogP contribution is -2.44. The van der Waals surface area contributed by atoms with Crippen molar-refractivity contribution in [2.24, 2.45) is 0 Å². The van der Waals surface area contributed by atoms with Crippen LogP contribution in [0.4, 0.5) is 0 Å². The number of phenols is 1. The average Bonchev–Trinajstić information content (AvgIpc) is 2.61. The van der Waals surface area contributed by atoms with Crippen molar-refractivity contribution >= 4 is 23.2 Å². The molecule has 3 nitrogen and oxygen atoms in total. The van der Waals surface area contributed by atoms with Crippen LogP contribution in [0.15, 0.2) is 42.5 Å². The summed E-state index contributed by atoms with van der Waals surface area (Å²) in [5.41, 5.74) is 1.81. The van der Waals surface area contributed by atoms with Crippen LogP contribution in [0.5, 0.6) is 5.75 Å². The molecule has 2 N–H and O–H groups in total. The van der Waals surface area contributed by atoms with E-state index in [0.717, 1.165) is 31.5 Å². The lowest BCUT2D eigenvalue weighted by Gasteiger charge is -2.41. The molecule has 1 aliphatic rings. The summed E-state index contributed by atoms with van der Waals surface area (Å²) in [7, 11) is 0. The fourth-order valence-electron chi connectivity index (χ4n) is 3.41. The van der Waals surface area contributed by atoms with Crippen molar-refractivity contribution in [3.05, 3.63) is 63.6 Å². The Morgan fingerprint density at radius 2 is 1.62 bits per heavy atom. The fraction of sp³-hybridized carbons (Fsp3) is 0.368. The van der Waals surface area contributed by atoms with Gasteiger partial charge in [0, 0.05) is 23.6 Å². The summed E-state index contributed by atoms with van der Waals surface area (Å²) in [6, 6.07) is 13.4. The quantitative estimate of drug-likeness (QED) is 0.851. The Morgan fingerprint density at radius 1 is 1.00 bits per heavy atom. The van der Waals surface area contributed by atoms with Gasteiger partial charge in [-0.1, -0.05) is 53.5 Å². The van der Waals surface area contributed by atoms with E-state index in [0.29, 0.717) is 16.6 Å². The zero-order chi connectivity index (χ0) is 17.2. The molecule has 5 heteroatoms. The van der Waals surface area contributed by atoms with Crippen LogP contribution in [0.2, 0.25) is 10.0 Å². The Labute approximate surface area is 152 Å². The third-order valence-electron chi connectivity index (χ3n) is 5.02. The van der Waals surface area contributed by atoms with Gasteiger partial charge in [-0.15, -0.1) is 0 Å². The fourth-order valence-corrected chi connectivity index (χ4v) is 3.76. The smallest absolute Gasteiger partial charge is 0.121 e. The zero-order valence-corrected chi connectivity index (χ0v) is 14.9. The molecule has 0 aromatic heterocycles. The number of hydrogen-bond acceptors (Lipinski definition) is 3. The average molecular weight is 366 g/mol. The van der Waals surface area contributed by atoms with E-state index in [1.54, 1.807) is 6.07 Å². The molecule has 0 saturated carbocycles. The second kappa shape index (κ2) is 7.32. The zero-order valence-electron chi connectivity index (χ0n) is 13.4. The molecule has 2 aromatic rings. The van der Waals surface area contributed by atoms with E-state index in [9.17, 15) is 10.2 Å². The minimum absolute atomic E-state index is 0.156. The molecule has 0 unspecified atom stereocenters. The highest BCUT2D eigenvalue weighted by atomic mass is 35.5. The van der Waals surface area contributed by atoms with E-state index < -0.39 is 0 Å². The van der Waals surface area contributed by atoms with Crippen LogP contribution in [0.3, 0.4) is 0 Å². The molecular formula is C19H21Cl2NO2. The van der Waals surface area contributed by atoms with E-state index in [1.165, 1.54) is 11.6 Å².